The SMILES string of the molecule is O=c1o[nH]cc1CNOCc1ccccc1. The third kappa shape index (κ3) is 2.82. The third-order valence-electron chi connectivity index (χ3n) is 2.09. The lowest BCUT2D eigenvalue weighted by Gasteiger charge is -2.03. The molecule has 0 spiro atoms. The van der Waals surface area contributed by atoms with E-state index < -0.39 is 0 Å². The Morgan fingerprint density at radius 3 is 2.81 bits per heavy atom. The molecule has 2 N–H and O–H groups in total. The van der Waals surface area contributed by atoms with Crippen molar-refractivity contribution in [2.75, 3.05) is 0 Å². The summed E-state index contributed by atoms with van der Waals surface area (Å²) in [5, 5.41) is 2.37. The van der Waals surface area contributed by atoms with E-state index in [0.29, 0.717) is 18.7 Å². The molecule has 0 saturated carbocycles. The molecule has 0 saturated heterocycles. The van der Waals surface area contributed by atoms with E-state index in [-0.39, 0.29) is 5.63 Å². The Labute approximate surface area is 92.0 Å². The highest BCUT2D eigenvalue weighted by Crippen LogP contribution is 1.99. The van der Waals surface area contributed by atoms with Crippen LogP contribution in [0.15, 0.2) is 45.8 Å². The molecule has 1 aromatic heterocycles. The van der Waals surface area contributed by atoms with Gasteiger partial charge >= 0.3 is 5.63 Å². The zero-order chi connectivity index (χ0) is 11.2. The molecule has 84 valence electrons. The number of hydrogen-bond donors (Lipinski definition) is 2. The first-order valence-corrected chi connectivity index (χ1v) is 4.90. The van der Waals surface area contributed by atoms with E-state index in [2.05, 4.69) is 15.2 Å². The standard InChI is InChI=1S/C11H12N2O3/c14-11-10(7-13-16-11)6-12-15-8-9-4-2-1-3-5-9/h1-5,7,12-13H,6,8H2. The van der Waals surface area contributed by atoms with Gasteiger partial charge in [-0.05, 0) is 5.56 Å². The van der Waals surface area contributed by atoms with Gasteiger partial charge < -0.3 is 4.52 Å². The molecule has 2 aromatic rings. The minimum Gasteiger partial charge on any atom is -0.339 e. The van der Waals surface area contributed by atoms with Crippen LogP contribution >= 0.6 is 0 Å². The molecule has 1 heterocycles. The molecule has 2 rings (SSSR count). The number of benzene rings is 1. The molecule has 1 aromatic carbocycles. The smallest absolute Gasteiger partial charge is 0.339 e. The molecule has 0 unspecified atom stereocenters. The molecule has 0 atom stereocenters. The minimum atomic E-state index is -0.379. The van der Waals surface area contributed by atoms with E-state index in [9.17, 15) is 4.79 Å². The van der Waals surface area contributed by atoms with E-state index in [1.807, 2.05) is 30.3 Å². The summed E-state index contributed by atoms with van der Waals surface area (Å²) in [6.45, 7) is 0.773. The summed E-state index contributed by atoms with van der Waals surface area (Å²) in [5.74, 6) is 0. The second-order valence-corrected chi connectivity index (χ2v) is 3.27. The largest absolute Gasteiger partial charge is 0.361 e. The van der Waals surface area contributed by atoms with Gasteiger partial charge in [-0.2, -0.15) is 5.48 Å². The fourth-order valence-electron chi connectivity index (χ4n) is 1.24. The minimum absolute atomic E-state index is 0.318. The molecular formula is C11H12N2O3. The molecule has 0 fully saturated rings. The Morgan fingerprint density at radius 2 is 2.12 bits per heavy atom. The summed E-state index contributed by atoms with van der Waals surface area (Å²) in [7, 11) is 0. The molecule has 0 radical (unpaired) electrons. The average molecular weight is 220 g/mol. The first-order chi connectivity index (χ1) is 7.86. The van der Waals surface area contributed by atoms with Crippen molar-refractivity contribution in [2.45, 2.75) is 13.2 Å². The number of nitrogens with one attached hydrogen (secondary N) is 2. The second-order valence-electron chi connectivity index (χ2n) is 3.27. The van der Waals surface area contributed by atoms with Crippen molar-refractivity contribution in [3.05, 3.63) is 58.1 Å². The molecule has 16 heavy (non-hydrogen) atoms. The molecular weight excluding hydrogens is 208 g/mol. The highest BCUT2D eigenvalue weighted by atomic mass is 16.6. The highest BCUT2D eigenvalue weighted by Gasteiger charge is 2.01. The molecule has 0 aliphatic carbocycles. The first-order valence-electron chi connectivity index (χ1n) is 4.90. The summed E-state index contributed by atoms with van der Waals surface area (Å²) < 4.78 is 4.50. The lowest BCUT2D eigenvalue weighted by molar-refractivity contribution is 0.0232. The summed E-state index contributed by atoms with van der Waals surface area (Å²) >= 11 is 0. The van der Waals surface area contributed by atoms with Crippen LogP contribution in [0, 0.1) is 0 Å². The van der Waals surface area contributed by atoms with Gasteiger partial charge in [0.15, 0.2) is 0 Å². The summed E-state index contributed by atoms with van der Waals surface area (Å²) in [6, 6.07) is 9.76. The van der Waals surface area contributed by atoms with Gasteiger partial charge in [-0.1, -0.05) is 30.3 Å². The number of aromatic nitrogens is 1. The fourth-order valence-corrected chi connectivity index (χ4v) is 1.24. The number of aromatic amines is 1. The Morgan fingerprint density at radius 1 is 1.31 bits per heavy atom. The van der Waals surface area contributed by atoms with Crippen LogP contribution in [0.5, 0.6) is 0 Å². The van der Waals surface area contributed by atoms with Crippen LogP contribution in [0.25, 0.3) is 0 Å². The quantitative estimate of drug-likeness (QED) is 0.586. The first kappa shape index (κ1) is 10.7. The summed E-state index contributed by atoms with van der Waals surface area (Å²) in [6.07, 6.45) is 1.50. The summed E-state index contributed by atoms with van der Waals surface area (Å²) in [5.41, 5.74) is 3.89. The number of hydrogen-bond acceptors (Lipinski definition) is 4. The molecule has 0 amide bonds. The van der Waals surface area contributed by atoms with Gasteiger partial charge in [0.1, 0.15) is 0 Å². The molecule has 5 heteroatoms. The molecule has 0 aliphatic rings. The van der Waals surface area contributed by atoms with Gasteiger partial charge in [0.25, 0.3) is 0 Å². The maximum atomic E-state index is 11.0. The Kier molecular flexibility index (Phi) is 3.53. The topological polar surface area (TPSA) is 67.3 Å². The number of hydroxylamine groups is 1. The third-order valence-corrected chi connectivity index (χ3v) is 2.09. The van der Waals surface area contributed by atoms with Gasteiger partial charge in [0, 0.05) is 6.20 Å². The molecule has 0 aliphatic heterocycles. The molecule has 0 bridgehead atoms. The van der Waals surface area contributed by atoms with Crippen molar-refractivity contribution in [3.8, 4) is 0 Å². The monoisotopic (exact) mass is 220 g/mol. The van der Waals surface area contributed by atoms with Crippen molar-refractivity contribution in [2.24, 2.45) is 0 Å². The average Bonchev–Trinajstić information content (AvgIpc) is 2.72. The number of rotatable bonds is 5. The normalized spacial score (nSPS) is 10.5. The highest BCUT2D eigenvalue weighted by molar-refractivity contribution is 5.13. The van der Waals surface area contributed by atoms with E-state index in [1.165, 1.54) is 6.20 Å². The Bertz CT molecular complexity index is 475. The van der Waals surface area contributed by atoms with Gasteiger partial charge in [0.05, 0.1) is 18.7 Å². The van der Waals surface area contributed by atoms with Crippen LogP contribution in [-0.4, -0.2) is 5.16 Å². The van der Waals surface area contributed by atoms with Crippen molar-refractivity contribution in [1.82, 2.24) is 10.6 Å². The lowest BCUT2D eigenvalue weighted by atomic mass is 10.2. The fraction of sp³-hybridized carbons (Fsp3) is 0.182. The summed E-state index contributed by atoms with van der Waals surface area (Å²) in [4.78, 5) is 16.2. The van der Waals surface area contributed by atoms with Crippen LogP contribution in [0.4, 0.5) is 0 Å². The van der Waals surface area contributed by atoms with E-state index >= 15 is 0 Å². The van der Waals surface area contributed by atoms with Crippen molar-refractivity contribution >= 4 is 0 Å². The van der Waals surface area contributed by atoms with Gasteiger partial charge in [-0.3, -0.25) is 4.84 Å². The van der Waals surface area contributed by atoms with Crippen LogP contribution in [0.1, 0.15) is 11.1 Å². The van der Waals surface area contributed by atoms with Gasteiger partial charge in [0.2, 0.25) is 0 Å². The van der Waals surface area contributed by atoms with Crippen molar-refractivity contribution in [1.29, 1.82) is 0 Å². The maximum absolute atomic E-state index is 11.0. The van der Waals surface area contributed by atoms with E-state index in [1.54, 1.807) is 0 Å². The Balaban J connectivity index is 1.74. The van der Waals surface area contributed by atoms with E-state index in [4.69, 9.17) is 4.84 Å². The zero-order valence-corrected chi connectivity index (χ0v) is 8.60. The predicted octanol–water partition coefficient (Wildman–Crippen LogP) is 1.19. The van der Waals surface area contributed by atoms with E-state index in [0.717, 1.165) is 5.56 Å². The van der Waals surface area contributed by atoms with Crippen LogP contribution in [-0.2, 0) is 18.0 Å². The van der Waals surface area contributed by atoms with Crippen molar-refractivity contribution < 1.29 is 9.36 Å². The molecule has 5 nitrogen and oxygen atoms in total. The second kappa shape index (κ2) is 5.29. The van der Waals surface area contributed by atoms with Crippen molar-refractivity contribution in [3.63, 3.8) is 0 Å². The maximum Gasteiger partial charge on any atom is 0.361 e. The van der Waals surface area contributed by atoms with Gasteiger partial charge in [-0.15, -0.1) is 0 Å². The van der Waals surface area contributed by atoms with Crippen LogP contribution in [0.3, 0.4) is 0 Å². The predicted molar refractivity (Wildman–Crippen MR) is 57.4 cm³/mol. The van der Waals surface area contributed by atoms with Gasteiger partial charge in [-0.25, -0.2) is 9.95 Å². The van der Waals surface area contributed by atoms with Crippen LogP contribution in [0.2, 0.25) is 0 Å². The lowest BCUT2D eigenvalue weighted by Crippen LogP contribution is -2.17. The zero-order valence-electron chi connectivity index (χ0n) is 8.60. The van der Waals surface area contributed by atoms with Crippen LogP contribution < -0.4 is 11.1 Å². The Hall–Kier alpha value is -1.85. The number of H-pyrrole nitrogens is 1.